The standard InChI is InChI=1S/C11H11FN2O2/c12-9-3-1-2-4-10(9)14-11(16)5-6-13(14)7-8-15/h1-4,8H,5-7H2. The summed E-state index contributed by atoms with van der Waals surface area (Å²) in [5.41, 5.74) is 0.201. The number of aldehydes is 1. The van der Waals surface area contributed by atoms with Crippen LogP contribution in [0.3, 0.4) is 0 Å². The van der Waals surface area contributed by atoms with E-state index in [9.17, 15) is 14.0 Å². The predicted octanol–water partition coefficient (Wildman–Crippen LogP) is 0.978. The molecular weight excluding hydrogens is 211 g/mol. The molecule has 1 heterocycles. The Hall–Kier alpha value is -1.75. The van der Waals surface area contributed by atoms with Crippen LogP contribution < -0.4 is 5.01 Å². The van der Waals surface area contributed by atoms with Gasteiger partial charge in [0.25, 0.3) is 0 Å². The van der Waals surface area contributed by atoms with Gasteiger partial charge in [-0.25, -0.2) is 14.4 Å². The Kier molecular flexibility index (Phi) is 2.96. The van der Waals surface area contributed by atoms with E-state index < -0.39 is 5.82 Å². The lowest BCUT2D eigenvalue weighted by molar-refractivity contribution is -0.118. The second-order valence-electron chi connectivity index (χ2n) is 3.49. The number of nitrogens with zero attached hydrogens (tertiary/aromatic N) is 2. The van der Waals surface area contributed by atoms with E-state index in [2.05, 4.69) is 0 Å². The smallest absolute Gasteiger partial charge is 0.243 e. The summed E-state index contributed by atoms with van der Waals surface area (Å²) in [6.07, 6.45) is 1.01. The summed E-state index contributed by atoms with van der Waals surface area (Å²) in [4.78, 5) is 22.1. The van der Waals surface area contributed by atoms with Gasteiger partial charge in [-0.3, -0.25) is 4.79 Å². The van der Waals surface area contributed by atoms with Gasteiger partial charge in [-0.2, -0.15) is 0 Å². The molecule has 0 saturated carbocycles. The molecule has 16 heavy (non-hydrogen) atoms. The van der Waals surface area contributed by atoms with Crippen molar-refractivity contribution in [3.63, 3.8) is 0 Å². The highest BCUT2D eigenvalue weighted by atomic mass is 19.1. The van der Waals surface area contributed by atoms with Crippen molar-refractivity contribution < 1.29 is 14.0 Å². The molecule has 1 aliphatic heterocycles. The lowest BCUT2D eigenvalue weighted by Gasteiger charge is -2.26. The number of para-hydroxylation sites is 1. The second-order valence-corrected chi connectivity index (χ2v) is 3.49. The molecule has 1 aromatic rings. The Morgan fingerprint density at radius 3 is 2.81 bits per heavy atom. The Labute approximate surface area is 92.2 Å². The summed E-state index contributed by atoms with van der Waals surface area (Å²) >= 11 is 0. The van der Waals surface area contributed by atoms with Crippen LogP contribution in [0.5, 0.6) is 0 Å². The summed E-state index contributed by atoms with van der Waals surface area (Å²) in [5.74, 6) is -0.652. The van der Waals surface area contributed by atoms with Gasteiger partial charge >= 0.3 is 0 Å². The zero-order valence-corrected chi connectivity index (χ0v) is 8.60. The predicted molar refractivity (Wildman–Crippen MR) is 56.1 cm³/mol. The maximum Gasteiger partial charge on any atom is 0.243 e. The molecule has 1 saturated heterocycles. The highest BCUT2D eigenvalue weighted by Gasteiger charge is 2.31. The third kappa shape index (κ3) is 1.81. The molecule has 4 nitrogen and oxygen atoms in total. The van der Waals surface area contributed by atoms with Gasteiger partial charge in [0.15, 0.2) is 0 Å². The molecule has 1 fully saturated rings. The zero-order chi connectivity index (χ0) is 11.5. The topological polar surface area (TPSA) is 40.6 Å². The lowest BCUT2D eigenvalue weighted by Crippen LogP contribution is -2.40. The molecule has 0 radical (unpaired) electrons. The molecule has 0 unspecified atom stereocenters. The molecule has 1 aliphatic rings. The van der Waals surface area contributed by atoms with Crippen molar-refractivity contribution in [1.29, 1.82) is 0 Å². The minimum atomic E-state index is -0.464. The fraction of sp³-hybridized carbons (Fsp3) is 0.273. The maximum atomic E-state index is 13.5. The Morgan fingerprint density at radius 1 is 1.38 bits per heavy atom. The molecule has 2 rings (SSSR count). The minimum absolute atomic E-state index is 0.0973. The second kappa shape index (κ2) is 4.40. The number of carbonyl (C=O) groups is 2. The largest absolute Gasteiger partial charge is 0.302 e. The first-order valence-electron chi connectivity index (χ1n) is 5.00. The minimum Gasteiger partial charge on any atom is -0.302 e. The quantitative estimate of drug-likeness (QED) is 0.716. The van der Waals surface area contributed by atoms with Crippen molar-refractivity contribution in [3.8, 4) is 0 Å². The first-order chi connectivity index (χ1) is 7.74. The summed E-state index contributed by atoms with van der Waals surface area (Å²) in [6.45, 7) is 0.548. The van der Waals surface area contributed by atoms with Crippen LogP contribution in [-0.2, 0) is 9.59 Å². The molecule has 5 heteroatoms. The Bertz CT molecular complexity index is 422. The van der Waals surface area contributed by atoms with Crippen LogP contribution in [0.4, 0.5) is 10.1 Å². The number of anilines is 1. The summed E-state index contributed by atoms with van der Waals surface area (Å²) in [5, 5.41) is 2.78. The number of rotatable bonds is 3. The SMILES string of the molecule is O=CCN1CCC(=O)N1c1ccccc1F. The van der Waals surface area contributed by atoms with E-state index in [0.717, 1.165) is 0 Å². The summed E-state index contributed by atoms with van der Waals surface area (Å²) in [7, 11) is 0. The zero-order valence-electron chi connectivity index (χ0n) is 8.60. The molecule has 0 aromatic heterocycles. The van der Waals surface area contributed by atoms with Gasteiger partial charge in [-0.05, 0) is 12.1 Å². The molecule has 84 valence electrons. The summed E-state index contributed by atoms with van der Waals surface area (Å²) in [6, 6.07) is 6.03. The molecule has 1 aromatic carbocycles. The lowest BCUT2D eigenvalue weighted by atomic mass is 10.3. The van der Waals surface area contributed by atoms with Gasteiger partial charge in [0.05, 0.1) is 12.2 Å². The first kappa shape index (κ1) is 10.8. The van der Waals surface area contributed by atoms with Crippen LogP contribution in [0.1, 0.15) is 6.42 Å². The Morgan fingerprint density at radius 2 is 2.12 bits per heavy atom. The van der Waals surface area contributed by atoms with Crippen LogP contribution in [0.25, 0.3) is 0 Å². The van der Waals surface area contributed by atoms with Crippen molar-refractivity contribution >= 4 is 17.9 Å². The van der Waals surface area contributed by atoms with Crippen LogP contribution >= 0.6 is 0 Å². The maximum absolute atomic E-state index is 13.5. The van der Waals surface area contributed by atoms with Gasteiger partial charge in [-0.15, -0.1) is 0 Å². The van der Waals surface area contributed by atoms with E-state index in [-0.39, 0.29) is 18.1 Å². The molecule has 0 aliphatic carbocycles. The van der Waals surface area contributed by atoms with E-state index in [4.69, 9.17) is 0 Å². The molecular formula is C11H11FN2O2. The van der Waals surface area contributed by atoms with Gasteiger partial charge in [0, 0.05) is 13.0 Å². The number of hydrazine groups is 1. The van der Waals surface area contributed by atoms with Gasteiger partial charge in [0.2, 0.25) is 5.91 Å². The molecule has 1 amide bonds. The van der Waals surface area contributed by atoms with E-state index in [1.807, 2.05) is 0 Å². The fourth-order valence-electron chi connectivity index (χ4n) is 1.76. The number of hydrogen-bond acceptors (Lipinski definition) is 3. The number of amides is 1. The molecule has 0 bridgehead atoms. The number of carbonyl (C=O) groups excluding carboxylic acids is 2. The highest BCUT2D eigenvalue weighted by molar-refractivity contribution is 5.94. The van der Waals surface area contributed by atoms with E-state index in [1.54, 1.807) is 12.1 Å². The van der Waals surface area contributed by atoms with Crippen molar-refractivity contribution in [2.45, 2.75) is 6.42 Å². The first-order valence-corrected chi connectivity index (χ1v) is 5.00. The Balaban J connectivity index is 2.33. The number of benzene rings is 1. The number of hydrogen-bond donors (Lipinski definition) is 0. The number of halogens is 1. The summed E-state index contributed by atoms with van der Waals surface area (Å²) < 4.78 is 13.5. The van der Waals surface area contributed by atoms with Crippen LogP contribution in [0.15, 0.2) is 24.3 Å². The van der Waals surface area contributed by atoms with Crippen molar-refractivity contribution in [1.82, 2.24) is 5.01 Å². The average molecular weight is 222 g/mol. The van der Waals surface area contributed by atoms with Gasteiger partial charge in [0.1, 0.15) is 12.1 Å². The third-order valence-electron chi connectivity index (χ3n) is 2.47. The van der Waals surface area contributed by atoms with Gasteiger partial charge < -0.3 is 4.79 Å². The highest BCUT2D eigenvalue weighted by Crippen LogP contribution is 2.24. The molecule has 0 N–H and O–H groups in total. The molecule has 0 spiro atoms. The van der Waals surface area contributed by atoms with Crippen LogP contribution in [-0.4, -0.2) is 30.3 Å². The normalized spacial score (nSPS) is 16.8. The van der Waals surface area contributed by atoms with E-state index >= 15 is 0 Å². The van der Waals surface area contributed by atoms with Crippen molar-refractivity contribution in [3.05, 3.63) is 30.1 Å². The van der Waals surface area contributed by atoms with Crippen molar-refractivity contribution in [2.75, 3.05) is 18.1 Å². The van der Waals surface area contributed by atoms with Gasteiger partial charge in [-0.1, -0.05) is 12.1 Å². The van der Waals surface area contributed by atoms with Crippen LogP contribution in [0, 0.1) is 5.82 Å². The molecule has 0 atom stereocenters. The third-order valence-corrected chi connectivity index (χ3v) is 2.47. The van der Waals surface area contributed by atoms with Crippen molar-refractivity contribution in [2.24, 2.45) is 0 Å². The van der Waals surface area contributed by atoms with E-state index in [0.29, 0.717) is 19.3 Å². The fourth-order valence-corrected chi connectivity index (χ4v) is 1.76. The van der Waals surface area contributed by atoms with Crippen LogP contribution in [0.2, 0.25) is 0 Å². The van der Waals surface area contributed by atoms with E-state index in [1.165, 1.54) is 22.2 Å². The average Bonchev–Trinajstić information content (AvgIpc) is 2.62. The monoisotopic (exact) mass is 222 g/mol.